The summed E-state index contributed by atoms with van der Waals surface area (Å²) >= 11 is 0. The van der Waals surface area contributed by atoms with Crippen LogP contribution in [0.15, 0.2) is 42.5 Å². The van der Waals surface area contributed by atoms with Crippen LogP contribution in [0, 0.1) is 0 Å². The molecule has 0 saturated heterocycles. The molecular weight excluding hydrogens is 312 g/mol. The van der Waals surface area contributed by atoms with Gasteiger partial charge in [0.1, 0.15) is 0 Å². The normalized spacial score (nSPS) is 10.2. The fourth-order valence-corrected chi connectivity index (χ4v) is 1.66. The summed E-state index contributed by atoms with van der Waals surface area (Å²) in [5, 5.41) is 5.38. The predicted molar refractivity (Wildman–Crippen MR) is 88.0 cm³/mol. The number of ether oxygens (including phenoxy) is 2. The molecule has 0 heterocycles. The Morgan fingerprint density at radius 2 is 1.67 bits per heavy atom. The number of carbonyl (C=O) groups excluding carboxylic acids is 3. The van der Waals surface area contributed by atoms with Gasteiger partial charge in [-0.25, -0.2) is 14.4 Å². The summed E-state index contributed by atoms with van der Waals surface area (Å²) in [7, 11) is 0. The smallest absolute Gasteiger partial charge is 0.331 e. The molecule has 0 aliphatic carbocycles. The maximum atomic E-state index is 11.6. The molecule has 7 heteroatoms. The second-order valence-electron chi connectivity index (χ2n) is 4.70. The number of urea groups is 1. The van der Waals surface area contributed by atoms with E-state index in [2.05, 4.69) is 15.4 Å². The molecule has 0 spiro atoms. The van der Waals surface area contributed by atoms with Gasteiger partial charge in [-0.15, -0.1) is 0 Å². The van der Waals surface area contributed by atoms with Gasteiger partial charge in [-0.05, 0) is 18.9 Å². The fourth-order valence-electron chi connectivity index (χ4n) is 1.66. The van der Waals surface area contributed by atoms with E-state index in [1.807, 2.05) is 30.3 Å². The summed E-state index contributed by atoms with van der Waals surface area (Å²) in [5.74, 6) is -1.22. The van der Waals surface area contributed by atoms with E-state index in [0.717, 1.165) is 17.7 Å². The highest BCUT2D eigenvalue weighted by molar-refractivity contribution is 5.91. The molecule has 7 nitrogen and oxygen atoms in total. The number of amides is 2. The standard InChI is InChI=1S/C17H22N2O5/c1-2-23-15(20)9-10-16(21)24-12-6-11-18-17(22)19-13-14-7-4-3-5-8-14/h3-5,7-10H,2,6,11-13H2,1H3,(H2,18,19,22)/b10-9+. The van der Waals surface area contributed by atoms with Gasteiger partial charge in [0.05, 0.1) is 13.2 Å². The van der Waals surface area contributed by atoms with Gasteiger partial charge in [0.2, 0.25) is 0 Å². The third-order valence-corrected chi connectivity index (χ3v) is 2.79. The third-order valence-electron chi connectivity index (χ3n) is 2.79. The maximum Gasteiger partial charge on any atom is 0.331 e. The summed E-state index contributed by atoms with van der Waals surface area (Å²) < 4.78 is 9.51. The summed E-state index contributed by atoms with van der Waals surface area (Å²) in [4.78, 5) is 33.8. The molecule has 2 N–H and O–H groups in total. The summed E-state index contributed by atoms with van der Waals surface area (Å²) in [6, 6.07) is 9.27. The zero-order valence-corrected chi connectivity index (χ0v) is 13.6. The van der Waals surface area contributed by atoms with Crippen molar-refractivity contribution in [1.29, 1.82) is 0 Å². The van der Waals surface area contributed by atoms with Gasteiger partial charge in [-0.3, -0.25) is 0 Å². The maximum absolute atomic E-state index is 11.6. The molecule has 1 aromatic carbocycles. The molecule has 0 atom stereocenters. The number of nitrogens with one attached hydrogen (secondary N) is 2. The van der Waals surface area contributed by atoms with Crippen molar-refractivity contribution in [3.8, 4) is 0 Å². The van der Waals surface area contributed by atoms with Crippen LogP contribution >= 0.6 is 0 Å². The highest BCUT2D eigenvalue weighted by Gasteiger charge is 2.02. The van der Waals surface area contributed by atoms with Gasteiger partial charge in [-0.1, -0.05) is 30.3 Å². The molecular formula is C17H22N2O5. The van der Waals surface area contributed by atoms with Crippen LogP contribution in [0.3, 0.4) is 0 Å². The average Bonchev–Trinajstić information content (AvgIpc) is 2.59. The van der Waals surface area contributed by atoms with Crippen molar-refractivity contribution >= 4 is 18.0 Å². The molecule has 0 bridgehead atoms. The number of esters is 2. The van der Waals surface area contributed by atoms with E-state index >= 15 is 0 Å². The molecule has 24 heavy (non-hydrogen) atoms. The average molecular weight is 334 g/mol. The monoisotopic (exact) mass is 334 g/mol. The Labute approximate surface area is 141 Å². The number of benzene rings is 1. The predicted octanol–water partition coefficient (Wildman–Crippen LogP) is 1.54. The minimum Gasteiger partial charge on any atom is -0.463 e. The minimum absolute atomic E-state index is 0.144. The summed E-state index contributed by atoms with van der Waals surface area (Å²) in [6.45, 7) is 2.88. The zero-order chi connectivity index (χ0) is 17.6. The first-order valence-electron chi connectivity index (χ1n) is 7.69. The molecule has 0 aliphatic heterocycles. The second-order valence-corrected chi connectivity index (χ2v) is 4.70. The zero-order valence-electron chi connectivity index (χ0n) is 13.6. The molecule has 0 aliphatic rings. The molecule has 0 saturated carbocycles. The largest absolute Gasteiger partial charge is 0.463 e. The van der Waals surface area contributed by atoms with Gasteiger partial charge in [-0.2, -0.15) is 0 Å². The molecule has 1 rings (SSSR count). The Morgan fingerprint density at radius 3 is 2.33 bits per heavy atom. The van der Waals surface area contributed by atoms with E-state index in [9.17, 15) is 14.4 Å². The Morgan fingerprint density at radius 1 is 1.00 bits per heavy atom. The number of rotatable bonds is 9. The van der Waals surface area contributed by atoms with E-state index in [1.165, 1.54) is 0 Å². The van der Waals surface area contributed by atoms with Crippen molar-refractivity contribution in [2.75, 3.05) is 19.8 Å². The van der Waals surface area contributed by atoms with Crippen LogP contribution in [0.2, 0.25) is 0 Å². The van der Waals surface area contributed by atoms with E-state index in [0.29, 0.717) is 19.5 Å². The van der Waals surface area contributed by atoms with Gasteiger partial charge in [0.15, 0.2) is 0 Å². The van der Waals surface area contributed by atoms with Crippen molar-refractivity contribution in [2.45, 2.75) is 19.9 Å². The highest BCUT2D eigenvalue weighted by Crippen LogP contribution is 1.96. The molecule has 0 radical (unpaired) electrons. The highest BCUT2D eigenvalue weighted by atomic mass is 16.5. The van der Waals surface area contributed by atoms with Crippen molar-refractivity contribution < 1.29 is 23.9 Å². The summed E-state index contributed by atoms with van der Waals surface area (Å²) in [5.41, 5.74) is 1.01. The first kappa shape index (κ1) is 19.2. The van der Waals surface area contributed by atoms with Gasteiger partial charge in [0.25, 0.3) is 0 Å². The number of hydrogen-bond acceptors (Lipinski definition) is 5. The van der Waals surface area contributed by atoms with Crippen LogP contribution in [0.5, 0.6) is 0 Å². The minimum atomic E-state index is -0.628. The molecule has 0 aromatic heterocycles. The van der Waals surface area contributed by atoms with Crippen LogP contribution in [0.1, 0.15) is 18.9 Å². The van der Waals surface area contributed by atoms with Crippen molar-refractivity contribution in [2.24, 2.45) is 0 Å². The van der Waals surface area contributed by atoms with E-state index in [-0.39, 0.29) is 19.2 Å². The van der Waals surface area contributed by atoms with Crippen molar-refractivity contribution in [1.82, 2.24) is 10.6 Å². The van der Waals surface area contributed by atoms with Gasteiger partial charge >= 0.3 is 18.0 Å². The second kappa shape index (κ2) is 11.7. The van der Waals surface area contributed by atoms with Crippen LogP contribution in [0.4, 0.5) is 4.79 Å². The first-order valence-corrected chi connectivity index (χ1v) is 7.69. The van der Waals surface area contributed by atoms with Crippen molar-refractivity contribution in [3.05, 3.63) is 48.0 Å². The lowest BCUT2D eigenvalue weighted by Crippen LogP contribution is -2.35. The molecule has 0 unspecified atom stereocenters. The van der Waals surface area contributed by atoms with Crippen molar-refractivity contribution in [3.63, 3.8) is 0 Å². The number of hydrogen-bond donors (Lipinski definition) is 2. The van der Waals surface area contributed by atoms with E-state index in [1.54, 1.807) is 6.92 Å². The lowest BCUT2D eigenvalue weighted by molar-refractivity contribution is -0.140. The lowest BCUT2D eigenvalue weighted by Gasteiger charge is -2.07. The number of carbonyl (C=O) groups is 3. The van der Waals surface area contributed by atoms with Crippen LogP contribution in [-0.4, -0.2) is 37.7 Å². The van der Waals surface area contributed by atoms with Gasteiger partial charge in [0, 0.05) is 25.2 Å². The lowest BCUT2D eigenvalue weighted by atomic mass is 10.2. The van der Waals surface area contributed by atoms with Crippen LogP contribution < -0.4 is 10.6 Å². The summed E-state index contributed by atoms with van der Waals surface area (Å²) in [6.07, 6.45) is 2.50. The SMILES string of the molecule is CCOC(=O)/C=C/C(=O)OCCCNC(=O)NCc1ccccc1. The van der Waals surface area contributed by atoms with E-state index in [4.69, 9.17) is 4.74 Å². The van der Waals surface area contributed by atoms with E-state index < -0.39 is 11.9 Å². The molecule has 130 valence electrons. The fraction of sp³-hybridized carbons (Fsp3) is 0.353. The Balaban J connectivity index is 2.05. The topological polar surface area (TPSA) is 93.7 Å². The molecule has 2 amide bonds. The third kappa shape index (κ3) is 9.24. The Bertz CT molecular complexity index is 557. The Hall–Kier alpha value is -2.83. The van der Waals surface area contributed by atoms with Crippen LogP contribution in [-0.2, 0) is 25.6 Å². The first-order chi connectivity index (χ1) is 11.6. The molecule has 0 fully saturated rings. The van der Waals surface area contributed by atoms with Crippen LogP contribution in [0.25, 0.3) is 0 Å². The molecule has 1 aromatic rings. The Kier molecular flexibility index (Phi) is 9.37. The quantitative estimate of drug-likeness (QED) is 0.406. The van der Waals surface area contributed by atoms with Gasteiger partial charge < -0.3 is 20.1 Å².